The molecule has 2 amide bonds. The first kappa shape index (κ1) is 20.1. The van der Waals surface area contributed by atoms with Crippen molar-refractivity contribution in [3.05, 3.63) is 106 Å². The summed E-state index contributed by atoms with van der Waals surface area (Å²) >= 11 is 11.9. The van der Waals surface area contributed by atoms with Gasteiger partial charge < -0.3 is 5.32 Å². The molecular formula is C23H18Cl2N3O2+. The Hall–Kier alpha value is -3.15. The summed E-state index contributed by atoms with van der Waals surface area (Å²) in [7, 11) is 0. The first-order valence-corrected chi connectivity index (χ1v) is 10.1. The van der Waals surface area contributed by atoms with Crippen LogP contribution in [0.25, 0.3) is 0 Å². The molecule has 0 bridgehead atoms. The fourth-order valence-corrected chi connectivity index (χ4v) is 3.62. The van der Waals surface area contributed by atoms with E-state index in [1.807, 2.05) is 48.7 Å². The molecule has 3 aromatic carbocycles. The summed E-state index contributed by atoms with van der Waals surface area (Å²) in [5.41, 5.74) is 5.04. The lowest BCUT2D eigenvalue weighted by molar-refractivity contribution is -0.596. The van der Waals surface area contributed by atoms with Crippen LogP contribution in [0.2, 0.25) is 10.0 Å². The number of nitrogens with one attached hydrogen (secondary N) is 2. The number of carbonyl (C=O) groups excluding carboxylic acids is 2. The number of benzene rings is 3. The molecule has 1 heterocycles. The molecule has 0 saturated carbocycles. The normalized spacial score (nSPS) is 19.5. The summed E-state index contributed by atoms with van der Waals surface area (Å²) in [6.45, 7) is 0. The second-order valence-corrected chi connectivity index (χ2v) is 7.75. The van der Waals surface area contributed by atoms with Crippen LogP contribution in [0.3, 0.4) is 0 Å². The van der Waals surface area contributed by atoms with E-state index in [9.17, 15) is 9.59 Å². The maximum Gasteiger partial charge on any atom is 0.304 e. The summed E-state index contributed by atoms with van der Waals surface area (Å²) in [6, 6.07) is 22.2. The van der Waals surface area contributed by atoms with Gasteiger partial charge in [0.1, 0.15) is 0 Å². The fourth-order valence-electron chi connectivity index (χ4n) is 3.37. The average molecular weight is 439 g/mol. The molecule has 0 radical (unpaired) electrons. The minimum absolute atomic E-state index is 0.295. The second kappa shape index (κ2) is 8.69. The number of hydrazine groups is 1. The number of hydrazone groups is 1. The highest BCUT2D eigenvalue weighted by Crippen LogP contribution is 2.25. The zero-order chi connectivity index (χ0) is 21.1. The second-order valence-electron chi connectivity index (χ2n) is 6.88. The lowest BCUT2D eigenvalue weighted by Crippen LogP contribution is -2.42. The smallest absolute Gasteiger partial charge is 0.304 e. The van der Waals surface area contributed by atoms with Crippen LogP contribution in [-0.2, 0) is 4.79 Å². The van der Waals surface area contributed by atoms with E-state index < -0.39 is 12.1 Å². The predicted octanol–water partition coefficient (Wildman–Crippen LogP) is 4.01. The molecule has 7 heteroatoms. The number of hydrogen-bond donors (Lipinski definition) is 2. The van der Waals surface area contributed by atoms with Gasteiger partial charge in [-0.3, -0.25) is 9.59 Å². The Kier molecular flexibility index (Phi) is 5.84. The highest BCUT2D eigenvalue weighted by molar-refractivity contribution is 6.31. The summed E-state index contributed by atoms with van der Waals surface area (Å²) in [6.07, 6.45) is 1.82. The van der Waals surface area contributed by atoms with Gasteiger partial charge in [0.2, 0.25) is 12.3 Å². The third-order valence-corrected chi connectivity index (χ3v) is 5.33. The van der Waals surface area contributed by atoms with E-state index in [-0.39, 0.29) is 11.8 Å². The van der Waals surface area contributed by atoms with Crippen molar-refractivity contribution in [2.75, 3.05) is 0 Å². The quantitative estimate of drug-likeness (QED) is 0.604. The van der Waals surface area contributed by atoms with Gasteiger partial charge in [0.15, 0.2) is 6.04 Å². The molecule has 3 aromatic rings. The van der Waals surface area contributed by atoms with Gasteiger partial charge in [0.25, 0.3) is 5.91 Å². The lowest BCUT2D eigenvalue weighted by Gasteiger charge is -2.14. The van der Waals surface area contributed by atoms with Gasteiger partial charge >= 0.3 is 5.91 Å². The molecule has 0 unspecified atom stereocenters. The lowest BCUT2D eigenvalue weighted by atomic mass is 10.00. The first-order chi connectivity index (χ1) is 14.5. The summed E-state index contributed by atoms with van der Waals surface area (Å²) in [5.74, 6) is -0.641. The Bertz CT molecular complexity index is 1100. The zero-order valence-corrected chi connectivity index (χ0v) is 17.3. The molecule has 1 saturated heterocycles. The van der Waals surface area contributed by atoms with Crippen molar-refractivity contribution >= 4 is 41.2 Å². The van der Waals surface area contributed by atoms with Crippen LogP contribution in [0, 0.1) is 0 Å². The Labute approximate surface area is 183 Å². The van der Waals surface area contributed by atoms with Crippen molar-refractivity contribution < 1.29 is 14.3 Å². The van der Waals surface area contributed by atoms with E-state index in [1.165, 1.54) is 0 Å². The number of halogens is 2. The third-order valence-electron chi connectivity index (χ3n) is 4.83. The summed E-state index contributed by atoms with van der Waals surface area (Å²) in [5, 5.41) is 4.03. The van der Waals surface area contributed by atoms with Crippen LogP contribution in [-0.4, -0.2) is 28.8 Å². The maximum absolute atomic E-state index is 12.8. The molecule has 0 aromatic heterocycles. The minimum Gasteiger partial charge on any atom is -0.334 e. The Morgan fingerprint density at radius 2 is 1.50 bits per heavy atom. The van der Waals surface area contributed by atoms with Gasteiger partial charge in [-0.05, 0) is 48.5 Å². The number of hydrogen-bond acceptors (Lipinski definition) is 2. The molecule has 1 aliphatic rings. The van der Waals surface area contributed by atoms with Crippen LogP contribution in [0.15, 0.2) is 78.9 Å². The molecule has 5 nitrogen and oxygen atoms in total. The predicted molar refractivity (Wildman–Crippen MR) is 117 cm³/mol. The van der Waals surface area contributed by atoms with Crippen molar-refractivity contribution in [1.29, 1.82) is 0 Å². The van der Waals surface area contributed by atoms with Crippen molar-refractivity contribution in [3.63, 3.8) is 0 Å². The van der Waals surface area contributed by atoms with Crippen LogP contribution in [0.1, 0.15) is 27.5 Å². The van der Waals surface area contributed by atoms with E-state index in [0.717, 1.165) is 11.1 Å². The molecule has 1 aliphatic heterocycles. The molecule has 1 fully saturated rings. The minimum atomic E-state index is -0.779. The highest BCUT2D eigenvalue weighted by Gasteiger charge is 2.47. The van der Waals surface area contributed by atoms with Crippen molar-refractivity contribution in [3.8, 4) is 0 Å². The SMILES string of the molecule is O=C(N[C@H]1C(=O)N/[N+](=C\c2ccc(Cl)cc2)[C@@H]1c1ccccc1)c1ccc(Cl)cc1. The molecule has 0 aliphatic carbocycles. The molecule has 30 heavy (non-hydrogen) atoms. The molecule has 0 spiro atoms. The zero-order valence-electron chi connectivity index (χ0n) is 15.8. The summed E-state index contributed by atoms with van der Waals surface area (Å²) in [4.78, 5) is 25.6. The first-order valence-electron chi connectivity index (χ1n) is 9.32. The Balaban J connectivity index is 1.68. The van der Waals surface area contributed by atoms with E-state index >= 15 is 0 Å². The van der Waals surface area contributed by atoms with Gasteiger partial charge in [-0.15, -0.1) is 10.1 Å². The molecule has 4 rings (SSSR count). The topological polar surface area (TPSA) is 61.2 Å². The third kappa shape index (κ3) is 4.37. The van der Waals surface area contributed by atoms with Crippen LogP contribution >= 0.6 is 23.2 Å². The Morgan fingerprint density at radius 1 is 0.900 bits per heavy atom. The summed E-state index contributed by atoms with van der Waals surface area (Å²) < 4.78 is 1.72. The van der Waals surface area contributed by atoms with E-state index in [2.05, 4.69) is 10.7 Å². The number of carbonyl (C=O) groups is 2. The van der Waals surface area contributed by atoms with E-state index in [0.29, 0.717) is 15.6 Å². The van der Waals surface area contributed by atoms with Crippen molar-refractivity contribution in [1.82, 2.24) is 10.7 Å². The number of rotatable bonds is 4. The fraction of sp³-hybridized carbons (Fsp3) is 0.0870. The highest BCUT2D eigenvalue weighted by atomic mass is 35.5. The molecular weight excluding hydrogens is 421 g/mol. The van der Waals surface area contributed by atoms with Crippen LogP contribution in [0.4, 0.5) is 0 Å². The molecule has 2 atom stereocenters. The van der Waals surface area contributed by atoms with E-state index in [4.69, 9.17) is 23.2 Å². The standard InChI is InChI=1S/C23H17Cl2N3O2/c24-18-10-6-15(7-11-18)14-28-21(16-4-2-1-3-5-16)20(23(30)27-28)26-22(29)17-8-12-19(25)13-9-17/h1-14,20-21H,(H-,26,27,29,30)/p+1/b28-14-/t20-,21-/m1/s1. The van der Waals surface area contributed by atoms with E-state index in [1.54, 1.807) is 41.1 Å². The van der Waals surface area contributed by atoms with Gasteiger partial charge in [-0.2, -0.15) is 0 Å². The maximum atomic E-state index is 12.8. The van der Waals surface area contributed by atoms with Crippen molar-refractivity contribution in [2.24, 2.45) is 0 Å². The Morgan fingerprint density at radius 3 is 2.13 bits per heavy atom. The van der Waals surface area contributed by atoms with Crippen LogP contribution in [0.5, 0.6) is 0 Å². The van der Waals surface area contributed by atoms with Gasteiger partial charge in [0, 0.05) is 26.7 Å². The number of nitrogens with zero attached hydrogens (tertiary/aromatic N) is 1. The van der Waals surface area contributed by atoms with Gasteiger partial charge in [-0.1, -0.05) is 53.5 Å². The molecule has 2 N–H and O–H groups in total. The average Bonchev–Trinajstić information content (AvgIpc) is 3.05. The van der Waals surface area contributed by atoms with Crippen LogP contribution < -0.4 is 10.7 Å². The van der Waals surface area contributed by atoms with Gasteiger partial charge in [0.05, 0.1) is 0 Å². The molecule has 150 valence electrons. The number of amides is 2. The van der Waals surface area contributed by atoms with Crippen molar-refractivity contribution in [2.45, 2.75) is 12.1 Å². The van der Waals surface area contributed by atoms with Gasteiger partial charge in [-0.25, -0.2) is 0 Å². The largest absolute Gasteiger partial charge is 0.334 e. The monoisotopic (exact) mass is 438 g/mol.